The Morgan fingerprint density at radius 2 is 2.00 bits per heavy atom. The van der Waals surface area contributed by atoms with Crippen LogP contribution in [0, 0.1) is 0 Å². The zero-order valence-electron chi connectivity index (χ0n) is 11.3. The molecule has 0 N–H and O–H groups in total. The van der Waals surface area contributed by atoms with Crippen LogP contribution in [0.2, 0.25) is 0 Å². The van der Waals surface area contributed by atoms with Gasteiger partial charge in [0.2, 0.25) is 0 Å². The molecule has 0 radical (unpaired) electrons. The van der Waals surface area contributed by atoms with E-state index in [9.17, 15) is 4.79 Å². The van der Waals surface area contributed by atoms with Gasteiger partial charge in [-0.3, -0.25) is 0 Å². The van der Waals surface area contributed by atoms with Gasteiger partial charge in [0.05, 0.1) is 6.33 Å². The van der Waals surface area contributed by atoms with Crippen molar-refractivity contribution in [3.8, 4) is 0 Å². The topological polar surface area (TPSA) is 47.4 Å². The summed E-state index contributed by atoms with van der Waals surface area (Å²) >= 11 is 0. The Hall–Kier alpha value is -1.52. The van der Waals surface area contributed by atoms with Crippen molar-refractivity contribution >= 4 is 6.09 Å². The summed E-state index contributed by atoms with van der Waals surface area (Å²) < 4.78 is 7.49. The van der Waals surface area contributed by atoms with Gasteiger partial charge in [-0.1, -0.05) is 0 Å². The molecule has 0 spiro atoms. The minimum Gasteiger partial charge on any atom is -0.444 e. The van der Waals surface area contributed by atoms with Crippen LogP contribution in [0.3, 0.4) is 0 Å². The van der Waals surface area contributed by atoms with Crippen molar-refractivity contribution in [2.45, 2.75) is 45.3 Å². The summed E-state index contributed by atoms with van der Waals surface area (Å²) in [4.78, 5) is 17.7. The van der Waals surface area contributed by atoms with E-state index in [1.807, 2.05) is 33.3 Å². The van der Waals surface area contributed by atoms with Gasteiger partial charge in [-0.05, 0) is 33.6 Å². The number of aromatic nitrogens is 2. The molecule has 0 saturated carbocycles. The standard InChI is InChI=1S/C13H21N3O2/c1-13(2,3)18-12(17)15-7-4-11(5-8-15)16-9-6-14-10-16/h6,9-11H,4-5,7-8H2,1-3H3. The number of hydrogen-bond acceptors (Lipinski definition) is 3. The van der Waals surface area contributed by atoms with Crippen LogP contribution in [0.15, 0.2) is 18.7 Å². The van der Waals surface area contributed by atoms with Gasteiger partial charge in [0, 0.05) is 31.5 Å². The van der Waals surface area contributed by atoms with Crippen LogP contribution < -0.4 is 0 Å². The van der Waals surface area contributed by atoms with Crippen LogP contribution >= 0.6 is 0 Å². The molecule has 0 aliphatic carbocycles. The van der Waals surface area contributed by atoms with Gasteiger partial charge >= 0.3 is 6.09 Å². The number of carbonyl (C=O) groups is 1. The lowest BCUT2D eigenvalue weighted by Gasteiger charge is -2.33. The fourth-order valence-corrected chi connectivity index (χ4v) is 2.16. The minimum atomic E-state index is -0.418. The fourth-order valence-electron chi connectivity index (χ4n) is 2.16. The Bertz CT molecular complexity index is 387. The van der Waals surface area contributed by atoms with E-state index in [0.29, 0.717) is 6.04 Å². The second-order valence-corrected chi connectivity index (χ2v) is 5.71. The van der Waals surface area contributed by atoms with E-state index in [0.717, 1.165) is 25.9 Å². The highest BCUT2D eigenvalue weighted by molar-refractivity contribution is 5.68. The number of likely N-dealkylation sites (tertiary alicyclic amines) is 1. The van der Waals surface area contributed by atoms with Gasteiger partial charge in [0.1, 0.15) is 5.60 Å². The van der Waals surface area contributed by atoms with E-state index in [1.165, 1.54) is 0 Å². The highest BCUT2D eigenvalue weighted by Crippen LogP contribution is 2.23. The van der Waals surface area contributed by atoms with Crippen molar-refractivity contribution in [3.63, 3.8) is 0 Å². The van der Waals surface area contributed by atoms with E-state index in [2.05, 4.69) is 9.55 Å². The molecule has 18 heavy (non-hydrogen) atoms. The number of piperidine rings is 1. The molecule has 1 aromatic heterocycles. The number of amides is 1. The lowest BCUT2D eigenvalue weighted by Crippen LogP contribution is -2.42. The van der Waals surface area contributed by atoms with Gasteiger partial charge in [0.15, 0.2) is 0 Å². The summed E-state index contributed by atoms with van der Waals surface area (Å²) in [6, 6.07) is 0.450. The van der Waals surface area contributed by atoms with Gasteiger partial charge < -0.3 is 14.2 Å². The van der Waals surface area contributed by atoms with Crippen molar-refractivity contribution in [1.82, 2.24) is 14.5 Å². The molecule has 0 atom stereocenters. The van der Waals surface area contributed by atoms with E-state index in [1.54, 1.807) is 11.1 Å². The second-order valence-electron chi connectivity index (χ2n) is 5.71. The van der Waals surface area contributed by atoms with E-state index < -0.39 is 5.60 Å². The first-order valence-electron chi connectivity index (χ1n) is 6.41. The van der Waals surface area contributed by atoms with Crippen molar-refractivity contribution in [2.24, 2.45) is 0 Å². The third-order valence-corrected chi connectivity index (χ3v) is 3.06. The Morgan fingerprint density at radius 1 is 1.33 bits per heavy atom. The third kappa shape index (κ3) is 3.24. The van der Waals surface area contributed by atoms with Crippen LogP contribution in [0.1, 0.15) is 39.7 Å². The van der Waals surface area contributed by atoms with Gasteiger partial charge in [0.25, 0.3) is 0 Å². The molecule has 1 fully saturated rings. The largest absolute Gasteiger partial charge is 0.444 e. The summed E-state index contributed by atoms with van der Waals surface area (Å²) in [5.41, 5.74) is -0.418. The Balaban J connectivity index is 1.85. The molecule has 0 bridgehead atoms. The number of rotatable bonds is 1. The molecule has 1 aliphatic rings. The highest BCUT2D eigenvalue weighted by Gasteiger charge is 2.27. The first kappa shape index (κ1) is 12.9. The molecule has 100 valence electrons. The predicted octanol–water partition coefficient (Wildman–Crippen LogP) is 2.46. The van der Waals surface area contributed by atoms with Crippen molar-refractivity contribution in [1.29, 1.82) is 0 Å². The summed E-state index contributed by atoms with van der Waals surface area (Å²) in [5, 5.41) is 0. The molecule has 1 aromatic rings. The molecule has 2 heterocycles. The number of hydrogen-bond donors (Lipinski definition) is 0. The number of ether oxygens (including phenoxy) is 1. The monoisotopic (exact) mass is 251 g/mol. The summed E-state index contributed by atoms with van der Waals surface area (Å²) in [5.74, 6) is 0. The SMILES string of the molecule is CC(C)(C)OC(=O)N1CCC(n2ccnc2)CC1. The number of nitrogens with zero attached hydrogens (tertiary/aromatic N) is 3. The molecule has 1 amide bonds. The zero-order chi connectivity index (χ0) is 13.2. The molecular weight excluding hydrogens is 230 g/mol. The van der Waals surface area contributed by atoms with Crippen LogP contribution in [-0.2, 0) is 4.74 Å². The maximum atomic E-state index is 11.9. The lowest BCUT2D eigenvalue weighted by atomic mass is 10.1. The maximum Gasteiger partial charge on any atom is 0.410 e. The van der Waals surface area contributed by atoms with E-state index >= 15 is 0 Å². The minimum absolute atomic E-state index is 0.202. The predicted molar refractivity (Wildman–Crippen MR) is 68.3 cm³/mol. The Labute approximate surface area is 108 Å². The molecule has 0 aromatic carbocycles. The average molecular weight is 251 g/mol. The zero-order valence-corrected chi connectivity index (χ0v) is 11.3. The van der Waals surface area contributed by atoms with Crippen molar-refractivity contribution in [3.05, 3.63) is 18.7 Å². The highest BCUT2D eigenvalue weighted by atomic mass is 16.6. The number of carbonyl (C=O) groups excluding carboxylic acids is 1. The van der Waals surface area contributed by atoms with E-state index in [4.69, 9.17) is 4.74 Å². The molecule has 0 unspecified atom stereocenters. The first-order valence-corrected chi connectivity index (χ1v) is 6.41. The fraction of sp³-hybridized carbons (Fsp3) is 0.692. The van der Waals surface area contributed by atoms with Crippen LogP contribution in [0.5, 0.6) is 0 Å². The van der Waals surface area contributed by atoms with Gasteiger partial charge in [-0.25, -0.2) is 9.78 Å². The first-order chi connectivity index (χ1) is 8.46. The molecule has 2 rings (SSSR count). The molecule has 1 aliphatic heterocycles. The van der Waals surface area contributed by atoms with Crippen molar-refractivity contribution < 1.29 is 9.53 Å². The quantitative estimate of drug-likeness (QED) is 0.770. The Kier molecular flexibility index (Phi) is 3.59. The van der Waals surface area contributed by atoms with Gasteiger partial charge in [-0.15, -0.1) is 0 Å². The van der Waals surface area contributed by atoms with Crippen LogP contribution in [0.25, 0.3) is 0 Å². The number of imidazole rings is 1. The normalized spacial score (nSPS) is 17.8. The third-order valence-electron chi connectivity index (χ3n) is 3.06. The summed E-state index contributed by atoms with van der Waals surface area (Å²) in [7, 11) is 0. The van der Waals surface area contributed by atoms with E-state index in [-0.39, 0.29) is 6.09 Å². The average Bonchev–Trinajstić information content (AvgIpc) is 2.80. The van der Waals surface area contributed by atoms with Gasteiger partial charge in [-0.2, -0.15) is 0 Å². The Morgan fingerprint density at radius 3 is 2.50 bits per heavy atom. The van der Waals surface area contributed by atoms with Crippen LogP contribution in [-0.4, -0.2) is 39.2 Å². The smallest absolute Gasteiger partial charge is 0.410 e. The lowest BCUT2D eigenvalue weighted by molar-refractivity contribution is 0.0188. The molecule has 5 nitrogen and oxygen atoms in total. The summed E-state index contributed by atoms with van der Waals surface area (Å²) in [6.07, 6.45) is 7.32. The molecule has 5 heteroatoms. The summed E-state index contributed by atoms with van der Waals surface area (Å²) in [6.45, 7) is 7.17. The second kappa shape index (κ2) is 5.00. The van der Waals surface area contributed by atoms with Crippen LogP contribution in [0.4, 0.5) is 4.79 Å². The maximum absolute atomic E-state index is 11.9. The molecular formula is C13H21N3O2. The van der Waals surface area contributed by atoms with Crippen molar-refractivity contribution in [2.75, 3.05) is 13.1 Å². The molecule has 1 saturated heterocycles.